The average Bonchev–Trinajstić information content (AvgIpc) is 2.72. The van der Waals surface area contributed by atoms with E-state index in [4.69, 9.17) is 4.99 Å². The van der Waals surface area contributed by atoms with Crippen molar-refractivity contribution in [2.45, 2.75) is 60.3 Å². The fourth-order valence-corrected chi connectivity index (χ4v) is 3.79. The molecule has 2 rings (SSSR count). The van der Waals surface area contributed by atoms with Crippen molar-refractivity contribution in [1.29, 1.82) is 0 Å². The van der Waals surface area contributed by atoms with Crippen LogP contribution in [0.15, 0.2) is 47.1 Å². The zero-order valence-electron chi connectivity index (χ0n) is 18.9. The van der Waals surface area contributed by atoms with Crippen LogP contribution in [0, 0.1) is 27.7 Å². The van der Waals surface area contributed by atoms with Crippen LogP contribution in [0.1, 0.15) is 69.9 Å². The molecule has 29 heavy (non-hydrogen) atoms. The minimum atomic E-state index is -0.0371. The molecule has 0 radical (unpaired) electrons. The van der Waals surface area contributed by atoms with Crippen LogP contribution in [0.4, 0.5) is 0 Å². The van der Waals surface area contributed by atoms with Gasteiger partial charge in [-0.3, -0.25) is 9.79 Å². The third kappa shape index (κ3) is 5.03. The van der Waals surface area contributed by atoms with E-state index in [-0.39, 0.29) is 11.8 Å². The van der Waals surface area contributed by atoms with Crippen LogP contribution in [0.3, 0.4) is 0 Å². The maximum absolute atomic E-state index is 12.2. The smallest absolute Gasteiger partial charge is 0.251 e. The highest BCUT2D eigenvalue weighted by Gasteiger charge is 2.21. The van der Waals surface area contributed by atoms with Crippen LogP contribution >= 0.6 is 0 Å². The van der Waals surface area contributed by atoms with Crippen molar-refractivity contribution in [2.24, 2.45) is 4.99 Å². The lowest BCUT2D eigenvalue weighted by Crippen LogP contribution is -2.20. The molecule has 0 aliphatic rings. The molecule has 0 aliphatic carbocycles. The number of nitrogens with zero attached hydrogens (tertiary/aromatic N) is 1. The van der Waals surface area contributed by atoms with Gasteiger partial charge in [-0.25, -0.2) is 0 Å². The second-order valence-electron chi connectivity index (χ2n) is 7.58. The van der Waals surface area contributed by atoms with Gasteiger partial charge in [0.15, 0.2) is 0 Å². The molecule has 0 heterocycles. The summed E-state index contributed by atoms with van der Waals surface area (Å²) < 4.78 is 0. The third-order valence-corrected chi connectivity index (χ3v) is 5.89. The van der Waals surface area contributed by atoms with Crippen LogP contribution in [0.2, 0.25) is 0 Å². The quantitative estimate of drug-likeness (QED) is 0.580. The number of hydrogen-bond donors (Lipinski definition) is 1. The molecule has 3 heteroatoms. The number of carbonyl (C=O) groups excluding carboxylic acids is 1. The summed E-state index contributed by atoms with van der Waals surface area (Å²) in [6.45, 7) is 12.7. The maximum Gasteiger partial charge on any atom is 0.251 e. The fraction of sp³-hybridized carbons (Fsp3) is 0.385. The van der Waals surface area contributed by atoms with Gasteiger partial charge in [-0.2, -0.15) is 0 Å². The summed E-state index contributed by atoms with van der Waals surface area (Å²) in [6.07, 6.45) is 5.88. The highest BCUT2D eigenvalue weighted by Crippen LogP contribution is 2.34. The Balaban J connectivity index is 2.56. The lowest BCUT2D eigenvalue weighted by molar-refractivity contribution is 0.0962. The van der Waals surface area contributed by atoms with Gasteiger partial charge >= 0.3 is 0 Å². The summed E-state index contributed by atoms with van der Waals surface area (Å²) in [7, 11) is 1.67. The summed E-state index contributed by atoms with van der Waals surface area (Å²) in [5.74, 6) is 0.136. The molecule has 1 N–H and O–H groups in total. The standard InChI is InChI=1S/C26H34N2O/c1-8-15-28-25(9-2)24(22-12-10-11-17(3)18(22)4)16-21-13-14-23(26(29)27-7)20(6)19(21)5/h9-15,24H,8,16H2,1-7H3,(H,27,29)/b25-9-,28-15?. The first-order chi connectivity index (χ1) is 13.8. The molecule has 1 atom stereocenters. The van der Waals surface area contributed by atoms with Gasteiger partial charge in [0.1, 0.15) is 0 Å². The largest absolute Gasteiger partial charge is 0.355 e. The van der Waals surface area contributed by atoms with Gasteiger partial charge in [-0.15, -0.1) is 0 Å². The number of aliphatic imine (C=N–C) groups is 1. The van der Waals surface area contributed by atoms with Crippen LogP contribution in [0.25, 0.3) is 0 Å². The zero-order valence-corrected chi connectivity index (χ0v) is 18.9. The first kappa shape index (κ1) is 22.6. The highest BCUT2D eigenvalue weighted by atomic mass is 16.1. The van der Waals surface area contributed by atoms with E-state index in [1.807, 2.05) is 19.2 Å². The zero-order chi connectivity index (χ0) is 21.6. The van der Waals surface area contributed by atoms with E-state index in [0.29, 0.717) is 0 Å². The molecular formula is C26H34N2O. The van der Waals surface area contributed by atoms with Crippen molar-refractivity contribution >= 4 is 12.1 Å². The van der Waals surface area contributed by atoms with E-state index in [2.05, 4.69) is 70.3 Å². The topological polar surface area (TPSA) is 41.5 Å². The van der Waals surface area contributed by atoms with E-state index < -0.39 is 0 Å². The van der Waals surface area contributed by atoms with E-state index in [1.165, 1.54) is 27.8 Å². The van der Waals surface area contributed by atoms with Crippen molar-refractivity contribution in [3.05, 3.63) is 81.0 Å². The van der Waals surface area contributed by atoms with Crippen LogP contribution in [0.5, 0.6) is 0 Å². The Morgan fingerprint density at radius 3 is 2.41 bits per heavy atom. The van der Waals surface area contributed by atoms with Gasteiger partial charge in [0.05, 0.1) is 0 Å². The third-order valence-electron chi connectivity index (χ3n) is 5.89. The molecule has 3 nitrogen and oxygen atoms in total. The highest BCUT2D eigenvalue weighted by molar-refractivity contribution is 5.95. The molecule has 154 valence electrons. The molecule has 0 spiro atoms. The van der Waals surface area contributed by atoms with Gasteiger partial charge < -0.3 is 5.32 Å². The number of amides is 1. The SMILES string of the molecule is C/C=C(\N=CCC)C(Cc1ccc(C(=O)NC)c(C)c1C)c1cccc(C)c1C. The molecule has 0 bridgehead atoms. The minimum Gasteiger partial charge on any atom is -0.355 e. The average molecular weight is 391 g/mol. The molecular weight excluding hydrogens is 356 g/mol. The first-order valence-electron chi connectivity index (χ1n) is 10.4. The Kier molecular flexibility index (Phi) is 7.95. The maximum atomic E-state index is 12.2. The van der Waals surface area contributed by atoms with Gasteiger partial charge in [0.25, 0.3) is 5.91 Å². The van der Waals surface area contributed by atoms with E-state index in [1.54, 1.807) is 7.05 Å². The van der Waals surface area contributed by atoms with E-state index in [9.17, 15) is 4.79 Å². The van der Waals surface area contributed by atoms with Crippen LogP contribution in [-0.4, -0.2) is 19.2 Å². The molecule has 0 fully saturated rings. The second-order valence-corrected chi connectivity index (χ2v) is 7.58. The Morgan fingerprint density at radius 1 is 1.07 bits per heavy atom. The van der Waals surface area contributed by atoms with Crippen molar-refractivity contribution in [1.82, 2.24) is 5.32 Å². The summed E-state index contributed by atoms with van der Waals surface area (Å²) >= 11 is 0. The molecule has 2 aromatic rings. The summed E-state index contributed by atoms with van der Waals surface area (Å²) in [5.41, 5.74) is 9.24. The second kappa shape index (κ2) is 10.2. The number of carbonyl (C=O) groups is 1. The predicted molar refractivity (Wildman–Crippen MR) is 124 cm³/mol. The van der Waals surface area contributed by atoms with Gasteiger partial charge in [-0.05, 0) is 86.9 Å². The Morgan fingerprint density at radius 2 is 1.79 bits per heavy atom. The predicted octanol–water partition coefficient (Wildman–Crippen LogP) is 5.99. The van der Waals surface area contributed by atoms with E-state index in [0.717, 1.165) is 29.7 Å². The Labute approximate surface area is 176 Å². The van der Waals surface area contributed by atoms with Crippen molar-refractivity contribution in [3.63, 3.8) is 0 Å². The summed E-state index contributed by atoms with van der Waals surface area (Å²) in [6, 6.07) is 10.6. The minimum absolute atomic E-state index is 0.0371. The summed E-state index contributed by atoms with van der Waals surface area (Å²) in [5, 5.41) is 2.73. The van der Waals surface area contributed by atoms with Crippen molar-refractivity contribution in [3.8, 4) is 0 Å². The number of hydrogen-bond acceptors (Lipinski definition) is 2. The molecule has 0 aliphatic heterocycles. The number of allylic oxidation sites excluding steroid dienone is 2. The van der Waals surface area contributed by atoms with Crippen LogP contribution in [-0.2, 0) is 6.42 Å². The Hall–Kier alpha value is -2.68. The molecule has 0 saturated heterocycles. The number of aryl methyl sites for hydroxylation is 1. The van der Waals surface area contributed by atoms with Crippen molar-refractivity contribution in [2.75, 3.05) is 7.05 Å². The fourth-order valence-electron chi connectivity index (χ4n) is 3.79. The van der Waals surface area contributed by atoms with Crippen LogP contribution < -0.4 is 5.32 Å². The number of rotatable bonds is 7. The van der Waals surface area contributed by atoms with Gasteiger partial charge in [0.2, 0.25) is 0 Å². The molecule has 1 unspecified atom stereocenters. The van der Waals surface area contributed by atoms with E-state index >= 15 is 0 Å². The lowest BCUT2D eigenvalue weighted by Gasteiger charge is -2.23. The summed E-state index contributed by atoms with van der Waals surface area (Å²) in [4.78, 5) is 16.9. The Bertz CT molecular complexity index is 938. The number of benzene rings is 2. The molecule has 0 saturated carbocycles. The number of nitrogens with one attached hydrogen (secondary N) is 1. The first-order valence-corrected chi connectivity index (χ1v) is 10.4. The molecule has 1 amide bonds. The van der Waals surface area contributed by atoms with Crippen molar-refractivity contribution < 1.29 is 4.79 Å². The monoisotopic (exact) mass is 390 g/mol. The lowest BCUT2D eigenvalue weighted by atomic mass is 9.83. The molecule has 2 aromatic carbocycles. The normalized spacial score (nSPS) is 13.0. The van der Waals surface area contributed by atoms with Gasteiger partial charge in [-0.1, -0.05) is 37.3 Å². The molecule has 0 aromatic heterocycles. The van der Waals surface area contributed by atoms with Gasteiger partial charge in [0, 0.05) is 30.4 Å².